The van der Waals surface area contributed by atoms with Crippen molar-refractivity contribution in [1.29, 1.82) is 0 Å². The van der Waals surface area contributed by atoms with Crippen molar-refractivity contribution in [2.75, 3.05) is 0 Å². The van der Waals surface area contributed by atoms with Crippen LogP contribution in [0.4, 0.5) is 13.2 Å². The lowest BCUT2D eigenvalue weighted by Crippen LogP contribution is -2.21. The molecule has 0 radical (unpaired) electrons. The molecule has 0 bridgehead atoms. The fourth-order valence-corrected chi connectivity index (χ4v) is 1.95. The lowest BCUT2D eigenvalue weighted by Gasteiger charge is -2.02. The third-order valence-electron chi connectivity index (χ3n) is 2.95. The van der Waals surface area contributed by atoms with E-state index in [0.29, 0.717) is 0 Å². The maximum absolute atomic E-state index is 10.7. The second-order valence-electron chi connectivity index (χ2n) is 4.43. The van der Waals surface area contributed by atoms with Crippen LogP contribution in [0.1, 0.15) is 0 Å². The monoisotopic (exact) mass is 328 g/mol. The molecule has 3 aromatic carbocycles. The fraction of sp³-hybridized carbons (Fsp3) is 0.0667. The molecular formula is C15H11F3O3S. The minimum absolute atomic E-state index is 1.31. The first kappa shape index (κ1) is 16.3. The fourth-order valence-electron chi connectivity index (χ4n) is 1.95. The first-order valence-corrected chi connectivity index (χ1v) is 7.54. The molecule has 0 aliphatic heterocycles. The molecule has 116 valence electrons. The van der Waals surface area contributed by atoms with Gasteiger partial charge >= 0.3 is 15.6 Å². The molecule has 0 aliphatic rings. The molecule has 3 nitrogen and oxygen atoms in total. The summed E-state index contributed by atoms with van der Waals surface area (Å²) in [7, 11) is -5.84. The van der Waals surface area contributed by atoms with Crippen molar-refractivity contribution in [3.8, 4) is 0 Å². The molecule has 3 aromatic rings. The van der Waals surface area contributed by atoms with Crippen molar-refractivity contribution in [1.82, 2.24) is 0 Å². The summed E-state index contributed by atoms with van der Waals surface area (Å²) in [6.45, 7) is 0. The first-order valence-electron chi connectivity index (χ1n) is 6.10. The Bertz CT molecular complexity index is 848. The average Bonchev–Trinajstić information content (AvgIpc) is 2.46. The summed E-state index contributed by atoms with van der Waals surface area (Å²) in [5.74, 6) is 0. The zero-order valence-corrected chi connectivity index (χ0v) is 11.9. The van der Waals surface area contributed by atoms with Crippen LogP contribution in [0.25, 0.3) is 21.5 Å². The summed E-state index contributed by atoms with van der Waals surface area (Å²) < 4.78 is 57.5. The largest absolute Gasteiger partial charge is 0.522 e. The van der Waals surface area contributed by atoms with Crippen molar-refractivity contribution in [2.24, 2.45) is 0 Å². The van der Waals surface area contributed by atoms with Crippen LogP contribution in [0.3, 0.4) is 0 Å². The van der Waals surface area contributed by atoms with Crippen molar-refractivity contribution >= 4 is 31.7 Å². The highest BCUT2D eigenvalue weighted by atomic mass is 32.2. The molecular weight excluding hydrogens is 317 g/mol. The van der Waals surface area contributed by atoms with E-state index in [4.69, 9.17) is 13.0 Å². The molecule has 0 saturated carbocycles. The summed E-state index contributed by atoms with van der Waals surface area (Å²) >= 11 is 0. The van der Waals surface area contributed by atoms with Crippen LogP contribution in [-0.4, -0.2) is 18.5 Å². The molecule has 0 amide bonds. The topological polar surface area (TPSA) is 54.4 Å². The molecule has 0 aliphatic carbocycles. The number of rotatable bonds is 0. The Morgan fingerprint density at radius 1 is 0.727 bits per heavy atom. The van der Waals surface area contributed by atoms with E-state index in [0.717, 1.165) is 0 Å². The van der Waals surface area contributed by atoms with Crippen LogP contribution in [0.2, 0.25) is 0 Å². The lowest BCUT2D eigenvalue weighted by molar-refractivity contribution is -0.0510. The summed E-state index contributed by atoms with van der Waals surface area (Å²) in [4.78, 5) is 0. The number of benzene rings is 3. The third kappa shape index (κ3) is 3.55. The van der Waals surface area contributed by atoms with E-state index in [2.05, 4.69) is 60.7 Å². The number of halogens is 3. The lowest BCUT2D eigenvalue weighted by atomic mass is 10.0. The Hall–Kier alpha value is -2.12. The summed E-state index contributed by atoms with van der Waals surface area (Å²) in [6, 6.07) is 21.4. The molecule has 0 atom stereocenters. The molecule has 7 heteroatoms. The quantitative estimate of drug-likeness (QED) is 0.378. The smallest absolute Gasteiger partial charge is 0.279 e. The Balaban J connectivity index is 0.000000192. The predicted octanol–water partition coefficient (Wildman–Crippen LogP) is 4.39. The second-order valence-corrected chi connectivity index (χ2v) is 5.84. The molecule has 0 fully saturated rings. The van der Waals surface area contributed by atoms with Gasteiger partial charge in [-0.05, 0) is 21.5 Å². The number of hydrogen-bond acceptors (Lipinski definition) is 2. The van der Waals surface area contributed by atoms with Gasteiger partial charge in [-0.1, -0.05) is 60.7 Å². The van der Waals surface area contributed by atoms with Gasteiger partial charge in [0.1, 0.15) is 0 Å². The summed E-state index contributed by atoms with van der Waals surface area (Å²) in [5.41, 5.74) is -5.53. The van der Waals surface area contributed by atoms with Gasteiger partial charge < -0.3 is 0 Å². The average molecular weight is 328 g/mol. The zero-order valence-electron chi connectivity index (χ0n) is 11.1. The zero-order chi connectivity index (χ0) is 16.4. The first-order chi connectivity index (χ1) is 10.2. The van der Waals surface area contributed by atoms with E-state index in [1.54, 1.807) is 0 Å². The van der Waals surface area contributed by atoms with Gasteiger partial charge in [-0.25, -0.2) is 0 Å². The Kier molecular flexibility index (Phi) is 4.39. The van der Waals surface area contributed by atoms with Gasteiger partial charge in [0.25, 0.3) is 0 Å². The van der Waals surface area contributed by atoms with Crippen LogP contribution in [0.15, 0.2) is 60.7 Å². The minimum atomic E-state index is -5.84. The molecule has 0 heterocycles. The normalized spacial score (nSPS) is 12.0. The molecule has 3 rings (SSSR count). The molecule has 0 aromatic heterocycles. The van der Waals surface area contributed by atoms with Crippen molar-refractivity contribution in [2.45, 2.75) is 5.51 Å². The Labute approximate surface area is 124 Å². The maximum Gasteiger partial charge on any atom is 0.522 e. The van der Waals surface area contributed by atoms with Crippen LogP contribution in [0.5, 0.6) is 0 Å². The van der Waals surface area contributed by atoms with Crippen LogP contribution in [0, 0.1) is 0 Å². The number of fused-ring (bicyclic) bond motifs is 3. The second kappa shape index (κ2) is 5.94. The van der Waals surface area contributed by atoms with Gasteiger partial charge in [0.05, 0.1) is 0 Å². The van der Waals surface area contributed by atoms with Crippen molar-refractivity contribution in [3.63, 3.8) is 0 Å². The van der Waals surface area contributed by atoms with Crippen LogP contribution >= 0.6 is 0 Å². The third-order valence-corrected chi connectivity index (χ3v) is 3.53. The Morgan fingerprint density at radius 3 is 1.36 bits per heavy atom. The van der Waals surface area contributed by atoms with Crippen LogP contribution in [-0.2, 0) is 10.1 Å². The van der Waals surface area contributed by atoms with Gasteiger partial charge in [-0.2, -0.15) is 21.6 Å². The van der Waals surface area contributed by atoms with E-state index in [1.165, 1.54) is 21.5 Å². The summed E-state index contributed by atoms with van der Waals surface area (Å²) in [5, 5.41) is 5.30. The van der Waals surface area contributed by atoms with Gasteiger partial charge in [0, 0.05) is 0 Å². The number of hydrogen-bond donors (Lipinski definition) is 1. The summed E-state index contributed by atoms with van der Waals surface area (Å²) in [6.07, 6.45) is 0. The highest BCUT2D eigenvalue weighted by molar-refractivity contribution is 7.86. The molecule has 0 spiro atoms. The highest BCUT2D eigenvalue weighted by Gasteiger charge is 2.44. The van der Waals surface area contributed by atoms with Crippen molar-refractivity contribution < 1.29 is 26.1 Å². The van der Waals surface area contributed by atoms with Crippen LogP contribution < -0.4 is 0 Å². The van der Waals surface area contributed by atoms with Gasteiger partial charge in [-0.15, -0.1) is 0 Å². The van der Waals surface area contributed by atoms with Gasteiger partial charge in [0.15, 0.2) is 0 Å². The van der Waals surface area contributed by atoms with Gasteiger partial charge in [-0.3, -0.25) is 4.55 Å². The van der Waals surface area contributed by atoms with E-state index in [-0.39, 0.29) is 0 Å². The molecule has 0 unspecified atom stereocenters. The molecule has 22 heavy (non-hydrogen) atoms. The highest BCUT2D eigenvalue weighted by Crippen LogP contribution is 2.24. The van der Waals surface area contributed by atoms with E-state index in [9.17, 15) is 13.2 Å². The van der Waals surface area contributed by atoms with E-state index in [1.807, 2.05) is 0 Å². The van der Waals surface area contributed by atoms with Gasteiger partial charge in [0.2, 0.25) is 0 Å². The minimum Gasteiger partial charge on any atom is -0.279 e. The van der Waals surface area contributed by atoms with E-state index >= 15 is 0 Å². The maximum atomic E-state index is 10.7. The SMILES string of the molecule is O=S(=O)(O)C(F)(F)F.c1ccc2c(c1)ccc1ccccc12. The number of alkyl halides is 3. The molecule has 0 saturated heterocycles. The molecule has 1 N–H and O–H groups in total. The predicted molar refractivity (Wildman–Crippen MR) is 79.1 cm³/mol. The van der Waals surface area contributed by atoms with Crippen molar-refractivity contribution in [3.05, 3.63) is 60.7 Å². The Morgan fingerprint density at radius 2 is 1.05 bits per heavy atom. The van der Waals surface area contributed by atoms with E-state index < -0.39 is 15.6 Å². The standard InChI is InChI=1S/C14H10.CHF3O3S/c1-3-7-13-11(5-1)9-10-12-6-2-4-8-14(12)13;2-1(3,4)8(5,6)7/h1-10H;(H,5,6,7).